The number of carbonyl (C=O) groups is 3. The maximum Gasteiger partial charge on any atom is 0.355 e. The highest BCUT2D eigenvalue weighted by Crippen LogP contribution is 2.28. The molecule has 1 aromatic carbocycles. The molecule has 1 aromatic rings. The van der Waals surface area contributed by atoms with E-state index >= 15 is 0 Å². The van der Waals surface area contributed by atoms with Crippen LogP contribution in [0.4, 0.5) is 10.1 Å². The van der Waals surface area contributed by atoms with E-state index in [-0.39, 0.29) is 35.9 Å². The lowest BCUT2D eigenvalue weighted by Crippen LogP contribution is -2.38. The van der Waals surface area contributed by atoms with E-state index in [2.05, 4.69) is 4.74 Å². The van der Waals surface area contributed by atoms with Crippen LogP contribution in [0, 0.1) is 5.82 Å². The van der Waals surface area contributed by atoms with Crippen LogP contribution in [-0.4, -0.2) is 44.7 Å². The first-order valence-electron chi connectivity index (χ1n) is 6.65. The van der Waals surface area contributed by atoms with E-state index in [0.29, 0.717) is 0 Å². The molecule has 7 nitrogen and oxygen atoms in total. The molecule has 0 amide bonds. The fourth-order valence-corrected chi connectivity index (χ4v) is 2.32. The summed E-state index contributed by atoms with van der Waals surface area (Å²) in [6.07, 6.45) is 0. The normalized spacial score (nSPS) is 14.4. The summed E-state index contributed by atoms with van der Waals surface area (Å²) >= 11 is 5.34. The minimum atomic E-state index is -0.996. The number of methoxy groups -OCH3 is 2. The van der Waals surface area contributed by atoms with Crippen molar-refractivity contribution in [1.29, 1.82) is 0 Å². The number of ether oxygens (including phenoxy) is 3. The van der Waals surface area contributed by atoms with Gasteiger partial charge in [-0.3, -0.25) is 4.79 Å². The van der Waals surface area contributed by atoms with Crippen molar-refractivity contribution < 1.29 is 33.0 Å². The van der Waals surface area contributed by atoms with Crippen LogP contribution in [0.3, 0.4) is 0 Å². The molecular formula is C15H13ClFNO6. The number of anilines is 1. The molecule has 1 heterocycles. The monoisotopic (exact) mass is 357 g/mol. The van der Waals surface area contributed by atoms with Gasteiger partial charge in [-0.05, 0) is 29.8 Å². The largest absolute Gasteiger partial charge is 0.466 e. The maximum absolute atomic E-state index is 13.6. The Hall–Kier alpha value is -2.45. The number of carbonyl (C=O) groups excluding carboxylic acids is 3. The van der Waals surface area contributed by atoms with Gasteiger partial charge in [0, 0.05) is 5.69 Å². The van der Waals surface area contributed by atoms with Crippen LogP contribution in [0.2, 0.25) is 0 Å². The van der Waals surface area contributed by atoms with Gasteiger partial charge >= 0.3 is 11.9 Å². The second kappa shape index (κ2) is 7.41. The van der Waals surface area contributed by atoms with Gasteiger partial charge in [-0.2, -0.15) is 0 Å². The summed E-state index contributed by atoms with van der Waals surface area (Å²) < 4.78 is 28.2. The van der Waals surface area contributed by atoms with E-state index < -0.39 is 23.0 Å². The molecule has 0 bridgehead atoms. The van der Waals surface area contributed by atoms with Crippen LogP contribution in [0.25, 0.3) is 0 Å². The van der Waals surface area contributed by atoms with Crippen molar-refractivity contribution in [3.05, 3.63) is 40.8 Å². The van der Waals surface area contributed by atoms with Crippen LogP contribution in [-0.2, 0) is 23.8 Å². The van der Waals surface area contributed by atoms with Gasteiger partial charge in [0.05, 0.1) is 32.0 Å². The Bertz CT molecular complexity index is 733. The van der Waals surface area contributed by atoms with Crippen molar-refractivity contribution >= 4 is 34.5 Å². The Morgan fingerprint density at radius 1 is 1.21 bits per heavy atom. The van der Waals surface area contributed by atoms with Crippen molar-refractivity contribution in [1.82, 2.24) is 0 Å². The molecule has 0 saturated carbocycles. The number of hydrogen-bond donors (Lipinski definition) is 0. The highest BCUT2D eigenvalue weighted by atomic mass is 35.5. The molecule has 128 valence electrons. The number of rotatable bonds is 4. The average molecular weight is 358 g/mol. The quantitative estimate of drug-likeness (QED) is 0.598. The molecule has 0 unspecified atom stereocenters. The summed E-state index contributed by atoms with van der Waals surface area (Å²) in [5, 5.41) is -0.996. The van der Waals surface area contributed by atoms with Gasteiger partial charge in [0.1, 0.15) is 18.2 Å². The molecular weight excluding hydrogens is 345 g/mol. The lowest BCUT2D eigenvalue weighted by atomic mass is 10.1. The molecule has 0 radical (unpaired) electrons. The van der Waals surface area contributed by atoms with E-state index in [0.717, 1.165) is 26.4 Å². The third-order valence-electron chi connectivity index (χ3n) is 3.31. The molecule has 1 aliphatic heterocycles. The van der Waals surface area contributed by atoms with Crippen molar-refractivity contribution in [3.63, 3.8) is 0 Å². The van der Waals surface area contributed by atoms with E-state index in [1.807, 2.05) is 0 Å². The van der Waals surface area contributed by atoms with Crippen molar-refractivity contribution in [2.45, 2.75) is 0 Å². The number of halogens is 2. The molecule has 1 aliphatic rings. The van der Waals surface area contributed by atoms with Gasteiger partial charge in [0.2, 0.25) is 0 Å². The molecule has 0 saturated heterocycles. The van der Waals surface area contributed by atoms with E-state index in [1.54, 1.807) is 0 Å². The second-order valence-corrected chi connectivity index (χ2v) is 5.00. The smallest absolute Gasteiger partial charge is 0.355 e. The number of esters is 2. The molecule has 0 spiro atoms. The lowest BCUT2D eigenvalue weighted by molar-refractivity contribution is -0.140. The fraction of sp³-hybridized carbons (Fsp3) is 0.267. The topological polar surface area (TPSA) is 82.1 Å². The Balaban J connectivity index is 2.59. The predicted octanol–water partition coefficient (Wildman–Crippen LogP) is 1.60. The SMILES string of the molecule is COC(=O)C1=C(C(=O)OC)N(c2ccc(F)c(C(=O)Cl)c2)COC1. The van der Waals surface area contributed by atoms with Crippen LogP contribution in [0.15, 0.2) is 29.5 Å². The zero-order valence-electron chi connectivity index (χ0n) is 12.8. The second-order valence-electron chi connectivity index (χ2n) is 4.65. The van der Waals surface area contributed by atoms with E-state index in [4.69, 9.17) is 21.1 Å². The van der Waals surface area contributed by atoms with Crippen LogP contribution >= 0.6 is 11.6 Å². The van der Waals surface area contributed by atoms with Crippen LogP contribution < -0.4 is 4.90 Å². The first-order chi connectivity index (χ1) is 11.4. The maximum atomic E-state index is 13.6. The summed E-state index contributed by atoms with van der Waals surface area (Å²) in [5.41, 5.74) is -0.320. The number of nitrogens with zero attached hydrogens (tertiary/aromatic N) is 1. The molecule has 24 heavy (non-hydrogen) atoms. The summed E-state index contributed by atoms with van der Waals surface area (Å²) in [5.74, 6) is -2.38. The minimum Gasteiger partial charge on any atom is -0.466 e. The van der Waals surface area contributed by atoms with Crippen molar-refractivity contribution in [3.8, 4) is 0 Å². The third-order valence-corrected chi connectivity index (χ3v) is 3.51. The molecule has 0 atom stereocenters. The molecule has 0 aliphatic carbocycles. The molecule has 0 aromatic heterocycles. The molecule has 0 N–H and O–H groups in total. The third kappa shape index (κ3) is 3.39. The van der Waals surface area contributed by atoms with Crippen molar-refractivity contribution in [2.75, 3.05) is 32.5 Å². The van der Waals surface area contributed by atoms with Gasteiger partial charge in [-0.1, -0.05) is 0 Å². The zero-order valence-corrected chi connectivity index (χ0v) is 13.6. The van der Waals surface area contributed by atoms with Gasteiger partial charge in [-0.25, -0.2) is 14.0 Å². The zero-order chi connectivity index (χ0) is 17.9. The Labute approximate surface area is 141 Å². The van der Waals surface area contributed by atoms with Crippen LogP contribution in [0.5, 0.6) is 0 Å². The fourth-order valence-electron chi connectivity index (χ4n) is 2.18. The highest BCUT2D eigenvalue weighted by Gasteiger charge is 2.32. The summed E-state index contributed by atoms with van der Waals surface area (Å²) in [6.45, 7) is -0.275. The summed E-state index contributed by atoms with van der Waals surface area (Å²) in [4.78, 5) is 36.5. The Kier molecular flexibility index (Phi) is 5.53. The van der Waals surface area contributed by atoms with Crippen LogP contribution in [0.1, 0.15) is 10.4 Å². The van der Waals surface area contributed by atoms with E-state index in [9.17, 15) is 18.8 Å². The van der Waals surface area contributed by atoms with Gasteiger partial charge in [0.25, 0.3) is 5.24 Å². The highest BCUT2D eigenvalue weighted by molar-refractivity contribution is 6.67. The van der Waals surface area contributed by atoms with Gasteiger partial charge < -0.3 is 19.1 Å². The summed E-state index contributed by atoms with van der Waals surface area (Å²) in [6, 6.07) is 3.48. The lowest BCUT2D eigenvalue weighted by Gasteiger charge is -2.31. The van der Waals surface area contributed by atoms with Gasteiger partial charge in [-0.15, -0.1) is 0 Å². The Morgan fingerprint density at radius 3 is 2.46 bits per heavy atom. The van der Waals surface area contributed by atoms with Crippen molar-refractivity contribution in [2.24, 2.45) is 0 Å². The predicted molar refractivity (Wildman–Crippen MR) is 80.9 cm³/mol. The summed E-state index contributed by atoms with van der Waals surface area (Å²) in [7, 11) is 2.31. The first-order valence-corrected chi connectivity index (χ1v) is 7.03. The number of hydrogen-bond acceptors (Lipinski definition) is 7. The minimum absolute atomic E-state index is 0.0568. The van der Waals surface area contributed by atoms with Gasteiger partial charge in [0.15, 0.2) is 0 Å². The average Bonchev–Trinajstić information content (AvgIpc) is 2.59. The van der Waals surface area contributed by atoms with E-state index in [1.165, 1.54) is 11.0 Å². The Morgan fingerprint density at radius 2 is 1.88 bits per heavy atom. The number of benzene rings is 1. The molecule has 2 rings (SSSR count). The first kappa shape index (κ1) is 17.9. The molecule has 0 fully saturated rings. The standard InChI is InChI=1S/C15H13ClFNO6/c1-22-14(20)10-6-24-7-18(12(10)15(21)23-2)8-3-4-11(17)9(5-8)13(16)19/h3-5H,6-7H2,1-2H3. The molecule has 9 heteroatoms.